The summed E-state index contributed by atoms with van der Waals surface area (Å²) in [5.74, 6) is 0.783. The summed E-state index contributed by atoms with van der Waals surface area (Å²) < 4.78 is 17.2. The lowest BCUT2D eigenvalue weighted by molar-refractivity contribution is -0.231. The summed E-state index contributed by atoms with van der Waals surface area (Å²) in [5.41, 5.74) is 1.14. The van der Waals surface area contributed by atoms with Crippen molar-refractivity contribution in [1.29, 1.82) is 0 Å². The van der Waals surface area contributed by atoms with Crippen molar-refractivity contribution in [3.8, 4) is 11.5 Å². The fraction of sp³-hybridized carbons (Fsp3) is 0.381. The minimum absolute atomic E-state index is 0.287. The number of carbonyl (C=O) groups excluding carboxylic acids is 1. The van der Waals surface area contributed by atoms with Gasteiger partial charge in [0.15, 0.2) is 17.3 Å². The summed E-state index contributed by atoms with van der Waals surface area (Å²) in [6.45, 7) is 0.328. The highest BCUT2D eigenvalue weighted by Crippen LogP contribution is 2.36. The Bertz CT molecular complexity index is 947. The molecule has 2 aromatic rings. The molecular formula is C21H21BrO8. The van der Waals surface area contributed by atoms with E-state index in [1.165, 1.54) is 0 Å². The topological polar surface area (TPSA) is 126 Å². The molecule has 160 valence electrons. The number of aliphatic hydroxyl groups excluding tert-OH is 4. The lowest BCUT2D eigenvalue weighted by Gasteiger charge is -2.40. The van der Waals surface area contributed by atoms with E-state index >= 15 is 0 Å². The highest BCUT2D eigenvalue weighted by Gasteiger charge is 2.44. The molecule has 0 saturated carbocycles. The van der Waals surface area contributed by atoms with Gasteiger partial charge < -0.3 is 34.6 Å². The molecule has 0 bridgehead atoms. The fourth-order valence-electron chi connectivity index (χ4n) is 3.61. The van der Waals surface area contributed by atoms with Crippen LogP contribution in [-0.4, -0.2) is 70.4 Å². The molecule has 30 heavy (non-hydrogen) atoms. The van der Waals surface area contributed by atoms with E-state index in [2.05, 4.69) is 15.9 Å². The molecule has 5 atom stereocenters. The Kier molecular flexibility index (Phi) is 6.10. The second-order valence-electron chi connectivity index (χ2n) is 7.18. The van der Waals surface area contributed by atoms with Crippen LogP contribution in [0.1, 0.15) is 27.6 Å². The zero-order valence-corrected chi connectivity index (χ0v) is 17.4. The lowest BCUT2D eigenvalue weighted by atomic mass is 9.90. The number of ether oxygens (including phenoxy) is 3. The Morgan fingerprint density at radius 2 is 1.70 bits per heavy atom. The Hall–Kier alpha value is -2.01. The lowest BCUT2D eigenvalue weighted by Crippen LogP contribution is -2.55. The van der Waals surface area contributed by atoms with Crippen molar-refractivity contribution < 1.29 is 39.4 Å². The van der Waals surface area contributed by atoms with Crippen molar-refractivity contribution in [2.45, 2.75) is 30.5 Å². The van der Waals surface area contributed by atoms with Gasteiger partial charge >= 0.3 is 0 Å². The van der Waals surface area contributed by atoms with Crippen LogP contribution in [0.15, 0.2) is 40.9 Å². The number of hydrogen-bond donors (Lipinski definition) is 4. The Balaban J connectivity index is 1.66. The van der Waals surface area contributed by atoms with E-state index < -0.39 is 37.1 Å². The molecule has 9 heteroatoms. The van der Waals surface area contributed by atoms with Crippen LogP contribution in [0, 0.1) is 0 Å². The average Bonchev–Trinajstić information content (AvgIpc) is 2.77. The highest BCUT2D eigenvalue weighted by atomic mass is 79.9. The Labute approximate surface area is 180 Å². The zero-order valence-electron chi connectivity index (χ0n) is 15.8. The van der Waals surface area contributed by atoms with E-state index in [0.717, 1.165) is 0 Å². The molecule has 2 aliphatic rings. The number of aliphatic hydroxyl groups is 4. The molecule has 2 aliphatic heterocycles. The first-order valence-electron chi connectivity index (χ1n) is 9.45. The summed E-state index contributed by atoms with van der Waals surface area (Å²) in [4.78, 5) is 13.1. The second-order valence-corrected chi connectivity index (χ2v) is 8.03. The summed E-state index contributed by atoms with van der Waals surface area (Å²) in [6.07, 6.45) is -6.44. The normalized spacial score (nSPS) is 28.2. The molecule has 0 spiro atoms. The van der Waals surface area contributed by atoms with Crippen LogP contribution in [0.25, 0.3) is 0 Å². The van der Waals surface area contributed by atoms with E-state index in [1.807, 2.05) is 0 Å². The first-order chi connectivity index (χ1) is 14.4. The van der Waals surface area contributed by atoms with Gasteiger partial charge in [0.1, 0.15) is 43.7 Å². The first kappa shape index (κ1) is 21.2. The van der Waals surface area contributed by atoms with Gasteiger partial charge in [-0.2, -0.15) is 0 Å². The molecule has 1 saturated heterocycles. The Morgan fingerprint density at radius 1 is 0.967 bits per heavy atom. The standard InChI is InChI=1S/C21H21BrO8/c22-13-3-1-11(21-20(27)19(26)18(25)16(9-23)30-21)7-12(13)17(24)10-2-4-14-15(8-10)29-6-5-28-14/h1-4,7-8,16,18-21,23,25-27H,5-6,9H2/t16-,18-,19+,20-,21+/m1/s1. The third-order valence-corrected chi connectivity index (χ3v) is 5.95. The number of benzene rings is 2. The molecule has 2 aromatic carbocycles. The van der Waals surface area contributed by atoms with Crippen molar-refractivity contribution >= 4 is 21.7 Å². The van der Waals surface area contributed by atoms with Crippen LogP contribution >= 0.6 is 15.9 Å². The minimum Gasteiger partial charge on any atom is -0.486 e. The first-order valence-corrected chi connectivity index (χ1v) is 10.2. The molecule has 0 aliphatic carbocycles. The van der Waals surface area contributed by atoms with Crippen LogP contribution in [0.3, 0.4) is 0 Å². The van der Waals surface area contributed by atoms with Gasteiger partial charge in [-0.15, -0.1) is 0 Å². The molecule has 4 N–H and O–H groups in total. The number of ketones is 1. The molecule has 0 amide bonds. The number of halogens is 1. The van der Waals surface area contributed by atoms with Gasteiger partial charge in [-0.1, -0.05) is 22.0 Å². The SMILES string of the molecule is O=C(c1ccc2c(c1)OCCO2)c1cc([C@@H]2O[C@H](CO)[C@@H](O)[C@H](O)[C@H]2O)ccc1Br. The quantitative estimate of drug-likeness (QED) is 0.477. The van der Waals surface area contributed by atoms with Gasteiger partial charge in [0.05, 0.1) is 6.61 Å². The summed E-state index contributed by atoms with van der Waals surface area (Å²) in [5, 5.41) is 39.8. The molecule has 0 radical (unpaired) electrons. The van der Waals surface area contributed by atoms with Crippen LogP contribution in [-0.2, 0) is 4.74 Å². The van der Waals surface area contributed by atoms with Gasteiger partial charge in [0, 0.05) is 15.6 Å². The van der Waals surface area contributed by atoms with E-state index in [0.29, 0.717) is 45.9 Å². The third kappa shape index (κ3) is 3.84. The number of fused-ring (bicyclic) bond motifs is 1. The predicted molar refractivity (Wildman–Crippen MR) is 108 cm³/mol. The van der Waals surface area contributed by atoms with Gasteiger partial charge in [0.25, 0.3) is 0 Å². The summed E-state index contributed by atoms with van der Waals surface area (Å²) >= 11 is 3.38. The molecular weight excluding hydrogens is 460 g/mol. The van der Waals surface area contributed by atoms with Crippen molar-refractivity contribution in [3.63, 3.8) is 0 Å². The minimum atomic E-state index is -1.50. The highest BCUT2D eigenvalue weighted by molar-refractivity contribution is 9.10. The fourth-order valence-corrected chi connectivity index (χ4v) is 4.04. The summed E-state index contributed by atoms with van der Waals surface area (Å²) in [6, 6.07) is 9.76. The van der Waals surface area contributed by atoms with Gasteiger partial charge in [0.2, 0.25) is 0 Å². The van der Waals surface area contributed by atoms with Crippen LogP contribution in [0.5, 0.6) is 11.5 Å². The van der Waals surface area contributed by atoms with Crippen LogP contribution in [0.2, 0.25) is 0 Å². The van der Waals surface area contributed by atoms with Gasteiger partial charge in [-0.3, -0.25) is 4.79 Å². The van der Waals surface area contributed by atoms with Gasteiger partial charge in [-0.05, 0) is 35.9 Å². The van der Waals surface area contributed by atoms with E-state index in [9.17, 15) is 25.2 Å². The smallest absolute Gasteiger partial charge is 0.194 e. The third-order valence-electron chi connectivity index (χ3n) is 5.26. The molecule has 8 nitrogen and oxygen atoms in total. The van der Waals surface area contributed by atoms with E-state index in [4.69, 9.17) is 14.2 Å². The van der Waals surface area contributed by atoms with Crippen molar-refractivity contribution in [2.24, 2.45) is 0 Å². The molecule has 0 unspecified atom stereocenters. The number of carbonyl (C=O) groups is 1. The molecule has 0 aromatic heterocycles. The van der Waals surface area contributed by atoms with Crippen molar-refractivity contribution in [1.82, 2.24) is 0 Å². The van der Waals surface area contributed by atoms with E-state index in [1.54, 1.807) is 36.4 Å². The molecule has 4 rings (SSSR count). The van der Waals surface area contributed by atoms with Crippen LogP contribution in [0.4, 0.5) is 0 Å². The average molecular weight is 481 g/mol. The molecule has 1 fully saturated rings. The number of hydrogen-bond acceptors (Lipinski definition) is 8. The van der Waals surface area contributed by atoms with Crippen molar-refractivity contribution in [2.75, 3.05) is 19.8 Å². The maximum Gasteiger partial charge on any atom is 0.194 e. The van der Waals surface area contributed by atoms with Gasteiger partial charge in [-0.25, -0.2) is 0 Å². The summed E-state index contributed by atoms with van der Waals surface area (Å²) in [7, 11) is 0. The number of rotatable bonds is 4. The maximum atomic E-state index is 13.1. The largest absolute Gasteiger partial charge is 0.486 e. The van der Waals surface area contributed by atoms with Crippen LogP contribution < -0.4 is 9.47 Å². The molecule has 2 heterocycles. The Morgan fingerprint density at radius 3 is 2.43 bits per heavy atom. The monoisotopic (exact) mass is 480 g/mol. The van der Waals surface area contributed by atoms with E-state index in [-0.39, 0.29) is 5.78 Å². The predicted octanol–water partition coefficient (Wildman–Crippen LogP) is 0.966. The zero-order chi connectivity index (χ0) is 21.4. The maximum absolute atomic E-state index is 13.1. The second kappa shape index (κ2) is 8.62. The van der Waals surface area contributed by atoms with Crippen molar-refractivity contribution in [3.05, 3.63) is 57.6 Å².